The number of nitrogens with two attached hydrogens (primary N) is 1. The van der Waals surface area contributed by atoms with E-state index < -0.39 is 15.7 Å². The van der Waals surface area contributed by atoms with Crippen molar-refractivity contribution >= 4 is 26.7 Å². The van der Waals surface area contributed by atoms with E-state index in [1.165, 1.54) is 50.6 Å². The quantitative estimate of drug-likeness (QED) is 0.683. The Labute approximate surface area is 137 Å². The summed E-state index contributed by atoms with van der Waals surface area (Å²) in [5.41, 5.74) is 5.85. The molecule has 0 aliphatic heterocycles. The van der Waals surface area contributed by atoms with Gasteiger partial charge in [-0.2, -0.15) is 3.97 Å². The third kappa shape index (κ3) is 2.38. The lowest BCUT2D eigenvalue weighted by Crippen LogP contribution is -2.25. The van der Waals surface area contributed by atoms with Gasteiger partial charge in [-0.1, -0.05) is 0 Å². The Hall–Kier alpha value is -2.94. The molecule has 8 nitrogen and oxygen atoms in total. The van der Waals surface area contributed by atoms with Crippen LogP contribution in [-0.2, 0) is 10.0 Å². The van der Waals surface area contributed by atoms with Gasteiger partial charge in [0.15, 0.2) is 11.5 Å². The summed E-state index contributed by atoms with van der Waals surface area (Å²) in [7, 11) is -1.28. The number of nitrogens with one attached hydrogen (secondary N) is 1. The van der Waals surface area contributed by atoms with Crippen LogP contribution in [0.3, 0.4) is 0 Å². The second-order valence-corrected chi connectivity index (χ2v) is 6.78. The van der Waals surface area contributed by atoms with Crippen LogP contribution in [-0.4, -0.2) is 31.6 Å². The third-order valence-electron chi connectivity index (χ3n) is 3.56. The first-order valence-corrected chi connectivity index (χ1v) is 8.30. The molecule has 0 spiro atoms. The van der Waals surface area contributed by atoms with Crippen LogP contribution in [0.4, 0.5) is 5.69 Å². The summed E-state index contributed by atoms with van der Waals surface area (Å²) in [5, 5.41) is 0. The fourth-order valence-electron chi connectivity index (χ4n) is 2.43. The Balaban J connectivity index is 2.26. The van der Waals surface area contributed by atoms with Gasteiger partial charge in [0.05, 0.1) is 30.1 Å². The maximum Gasteiger partial charge on any atom is 0.340 e. The molecule has 0 unspecified atom stereocenters. The van der Waals surface area contributed by atoms with Gasteiger partial charge in [0.1, 0.15) is 0 Å². The van der Waals surface area contributed by atoms with Crippen molar-refractivity contribution in [1.29, 1.82) is 0 Å². The molecule has 0 atom stereocenters. The second-order valence-electron chi connectivity index (χ2n) is 4.99. The van der Waals surface area contributed by atoms with Crippen molar-refractivity contribution in [2.45, 2.75) is 4.90 Å². The number of aromatic amines is 1. The van der Waals surface area contributed by atoms with Gasteiger partial charge in [0.2, 0.25) is 0 Å². The molecule has 0 saturated carbocycles. The van der Waals surface area contributed by atoms with Crippen molar-refractivity contribution in [2.24, 2.45) is 0 Å². The number of benzene rings is 2. The lowest BCUT2D eigenvalue weighted by Gasteiger charge is -2.10. The van der Waals surface area contributed by atoms with E-state index in [0.717, 1.165) is 0 Å². The predicted molar refractivity (Wildman–Crippen MR) is 89.1 cm³/mol. The normalized spacial score (nSPS) is 11.6. The third-order valence-corrected chi connectivity index (χ3v) is 5.25. The van der Waals surface area contributed by atoms with Crippen LogP contribution in [0.5, 0.6) is 11.5 Å². The number of imidazole rings is 1. The highest BCUT2D eigenvalue weighted by Gasteiger charge is 2.24. The molecule has 126 valence electrons. The summed E-state index contributed by atoms with van der Waals surface area (Å²) in [6.45, 7) is 0. The molecule has 9 heteroatoms. The highest BCUT2D eigenvalue weighted by Crippen LogP contribution is 2.30. The molecule has 3 aromatic rings. The number of nitrogen functional groups attached to an aromatic ring is 1. The predicted octanol–water partition coefficient (Wildman–Crippen LogP) is 1.17. The number of hydrogen-bond acceptors (Lipinski definition) is 6. The lowest BCUT2D eigenvalue weighted by molar-refractivity contribution is 0.354. The van der Waals surface area contributed by atoms with Crippen molar-refractivity contribution in [1.82, 2.24) is 8.96 Å². The van der Waals surface area contributed by atoms with Crippen molar-refractivity contribution in [2.75, 3.05) is 20.0 Å². The molecule has 0 fully saturated rings. The zero-order valence-corrected chi connectivity index (χ0v) is 13.8. The number of H-pyrrole nitrogens is 1. The fourth-order valence-corrected chi connectivity index (χ4v) is 3.82. The number of fused-ring (bicyclic) bond motifs is 1. The highest BCUT2D eigenvalue weighted by atomic mass is 32.2. The number of anilines is 1. The number of hydrogen-bond donors (Lipinski definition) is 2. The topological polar surface area (TPSA) is 116 Å². The largest absolute Gasteiger partial charge is 0.493 e. The SMILES string of the molecule is COc1ccc(S(=O)(=O)n2c(=O)[nH]c3cc(N)ccc32)cc1OC. The zero-order chi connectivity index (χ0) is 17.5. The minimum absolute atomic E-state index is 0.0972. The molecular weight excluding hydrogens is 334 g/mol. The molecule has 24 heavy (non-hydrogen) atoms. The van der Waals surface area contributed by atoms with Gasteiger partial charge in [-0.05, 0) is 30.3 Å². The first-order valence-electron chi connectivity index (χ1n) is 6.86. The van der Waals surface area contributed by atoms with Gasteiger partial charge >= 0.3 is 5.69 Å². The Kier molecular flexibility index (Phi) is 3.72. The van der Waals surface area contributed by atoms with Gasteiger partial charge in [0.25, 0.3) is 10.0 Å². The Morgan fingerprint density at radius 2 is 1.75 bits per heavy atom. The molecule has 1 heterocycles. The van der Waals surface area contributed by atoms with Gasteiger partial charge < -0.3 is 20.2 Å². The van der Waals surface area contributed by atoms with E-state index in [-0.39, 0.29) is 16.2 Å². The molecule has 0 radical (unpaired) electrons. The van der Waals surface area contributed by atoms with Gasteiger partial charge in [-0.25, -0.2) is 13.2 Å². The molecular formula is C15H15N3O5S. The summed E-state index contributed by atoms with van der Waals surface area (Å²) in [5.74, 6) is 0.631. The van der Waals surface area contributed by atoms with Gasteiger partial charge in [-0.3, -0.25) is 0 Å². The van der Waals surface area contributed by atoms with E-state index in [4.69, 9.17) is 15.2 Å². The standard InChI is InChI=1S/C15H15N3O5S/c1-22-13-6-4-10(8-14(13)23-2)24(20,21)18-12-5-3-9(16)7-11(12)17-15(18)19/h3-8H,16H2,1-2H3,(H,17,19). The van der Waals surface area contributed by atoms with Crippen molar-refractivity contribution in [3.63, 3.8) is 0 Å². The highest BCUT2D eigenvalue weighted by molar-refractivity contribution is 7.90. The van der Waals surface area contributed by atoms with Crippen LogP contribution in [0, 0.1) is 0 Å². The zero-order valence-electron chi connectivity index (χ0n) is 12.9. The fraction of sp³-hybridized carbons (Fsp3) is 0.133. The maximum absolute atomic E-state index is 12.9. The van der Waals surface area contributed by atoms with Crippen molar-refractivity contribution in [3.05, 3.63) is 46.9 Å². The van der Waals surface area contributed by atoms with E-state index in [0.29, 0.717) is 20.9 Å². The first kappa shape index (κ1) is 15.9. The Bertz CT molecular complexity index is 1080. The number of methoxy groups -OCH3 is 2. The van der Waals surface area contributed by atoms with E-state index in [9.17, 15) is 13.2 Å². The first-order chi connectivity index (χ1) is 11.4. The van der Waals surface area contributed by atoms with Gasteiger partial charge in [-0.15, -0.1) is 0 Å². The van der Waals surface area contributed by atoms with Crippen LogP contribution < -0.4 is 20.9 Å². The molecule has 0 saturated heterocycles. The number of rotatable bonds is 4. The van der Waals surface area contributed by atoms with Crippen LogP contribution in [0.2, 0.25) is 0 Å². The van der Waals surface area contributed by atoms with Crippen molar-refractivity contribution in [3.8, 4) is 11.5 Å². The number of aromatic nitrogens is 2. The molecule has 0 bridgehead atoms. The average Bonchev–Trinajstić information content (AvgIpc) is 2.89. The maximum atomic E-state index is 12.9. The summed E-state index contributed by atoms with van der Waals surface area (Å²) < 4.78 is 36.7. The monoisotopic (exact) mass is 349 g/mol. The molecule has 3 N–H and O–H groups in total. The minimum Gasteiger partial charge on any atom is -0.493 e. The van der Waals surface area contributed by atoms with Crippen LogP contribution in [0.1, 0.15) is 0 Å². The van der Waals surface area contributed by atoms with Crippen LogP contribution >= 0.6 is 0 Å². The summed E-state index contributed by atoms with van der Waals surface area (Å²) >= 11 is 0. The molecule has 3 rings (SSSR count). The van der Waals surface area contributed by atoms with E-state index >= 15 is 0 Å². The molecule has 0 aliphatic carbocycles. The molecule has 0 aliphatic rings. The smallest absolute Gasteiger partial charge is 0.340 e. The molecule has 2 aromatic carbocycles. The Morgan fingerprint density at radius 3 is 2.42 bits per heavy atom. The number of nitrogens with zero attached hydrogens (tertiary/aromatic N) is 1. The van der Waals surface area contributed by atoms with Crippen LogP contribution in [0.25, 0.3) is 11.0 Å². The second kappa shape index (κ2) is 5.60. The summed E-state index contributed by atoms with van der Waals surface area (Å²) in [6, 6.07) is 8.61. The summed E-state index contributed by atoms with van der Waals surface area (Å²) in [6.07, 6.45) is 0. The van der Waals surface area contributed by atoms with Gasteiger partial charge in [0, 0.05) is 11.8 Å². The molecule has 0 amide bonds. The minimum atomic E-state index is -4.13. The molecule has 1 aromatic heterocycles. The van der Waals surface area contributed by atoms with E-state index in [2.05, 4.69) is 4.98 Å². The Morgan fingerprint density at radius 1 is 1.04 bits per heavy atom. The van der Waals surface area contributed by atoms with Crippen LogP contribution in [0.15, 0.2) is 46.1 Å². The van der Waals surface area contributed by atoms with E-state index in [1.54, 1.807) is 0 Å². The number of ether oxygens (including phenoxy) is 2. The summed E-state index contributed by atoms with van der Waals surface area (Å²) in [4.78, 5) is 14.6. The lowest BCUT2D eigenvalue weighted by atomic mass is 10.3. The average molecular weight is 349 g/mol. The van der Waals surface area contributed by atoms with Crippen molar-refractivity contribution < 1.29 is 17.9 Å². The van der Waals surface area contributed by atoms with E-state index in [1.807, 2.05) is 0 Å².